The molecule has 3 unspecified atom stereocenters. The van der Waals surface area contributed by atoms with Crippen LogP contribution >= 0.6 is 0 Å². The molecule has 0 aliphatic carbocycles. The van der Waals surface area contributed by atoms with Gasteiger partial charge in [0.25, 0.3) is 0 Å². The van der Waals surface area contributed by atoms with E-state index in [1.807, 2.05) is 0 Å². The fraction of sp³-hybridized carbons (Fsp3) is 0.872. The lowest BCUT2D eigenvalue weighted by molar-refractivity contribution is -0.131. The minimum atomic E-state index is -1.08. The summed E-state index contributed by atoms with van der Waals surface area (Å²) >= 11 is 0. The quantitative estimate of drug-likeness (QED) is 0.0425. The van der Waals surface area contributed by atoms with Crippen LogP contribution in [0.1, 0.15) is 194 Å². The Balaban J connectivity index is 3.68. The van der Waals surface area contributed by atoms with Gasteiger partial charge in [0.2, 0.25) is 5.91 Å². The van der Waals surface area contributed by atoms with Crippen LogP contribution in [0.4, 0.5) is 0 Å². The average Bonchev–Trinajstić information content (AvgIpc) is 3.03. The van der Waals surface area contributed by atoms with Gasteiger partial charge < -0.3 is 20.6 Å². The molecule has 44 heavy (non-hydrogen) atoms. The van der Waals surface area contributed by atoms with Gasteiger partial charge in [-0.1, -0.05) is 179 Å². The molecule has 5 heteroatoms. The van der Waals surface area contributed by atoms with Gasteiger partial charge in [0.1, 0.15) is 6.10 Å². The van der Waals surface area contributed by atoms with E-state index in [9.17, 15) is 20.1 Å². The highest BCUT2D eigenvalue weighted by molar-refractivity contribution is 5.80. The molecule has 0 spiro atoms. The summed E-state index contributed by atoms with van der Waals surface area (Å²) in [5, 5.41) is 33.1. The maximum Gasteiger partial charge on any atom is 0.249 e. The fourth-order valence-corrected chi connectivity index (χ4v) is 5.77. The number of nitrogens with one attached hydrogen (secondary N) is 1. The summed E-state index contributed by atoms with van der Waals surface area (Å²) in [6.07, 6.45) is 40.1. The third-order valence-electron chi connectivity index (χ3n) is 8.85. The average molecular weight is 622 g/mol. The molecule has 0 aromatic heterocycles. The molecule has 5 nitrogen and oxygen atoms in total. The number of rotatable bonds is 34. The normalized spacial score (nSPS) is 14.0. The Hall–Kier alpha value is -1.17. The highest BCUT2D eigenvalue weighted by atomic mass is 16.3. The zero-order valence-electron chi connectivity index (χ0n) is 29.3. The molecule has 0 aliphatic heterocycles. The van der Waals surface area contributed by atoms with Crippen molar-refractivity contribution in [3.63, 3.8) is 0 Å². The van der Waals surface area contributed by atoms with E-state index in [2.05, 4.69) is 43.5 Å². The zero-order chi connectivity index (χ0) is 32.4. The van der Waals surface area contributed by atoms with Crippen LogP contribution in [0.5, 0.6) is 0 Å². The summed E-state index contributed by atoms with van der Waals surface area (Å²) in [5.41, 5.74) is 0. The molecule has 0 bridgehead atoms. The number of aliphatic hydroxyl groups excluding tert-OH is 3. The van der Waals surface area contributed by atoms with Crippen molar-refractivity contribution in [3.8, 4) is 0 Å². The molecule has 0 rings (SSSR count). The number of unbranched alkanes of at least 4 members (excludes halogenated alkanes) is 23. The van der Waals surface area contributed by atoms with Crippen molar-refractivity contribution in [1.29, 1.82) is 0 Å². The summed E-state index contributed by atoms with van der Waals surface area (Å²) in [6, 6.07) is -0.710. The van der Waals surface area contributed by atoms with Gasteiger partial charge in [0, 0.05) is 0 Å². The summed E-state index contributed by atoms with van der Waals surface area (Å²) in [7, 11) is 0. The lowest BCUT2D eigenvalue weighted by Crippen LogP contribution is -2.49. The number of aliphatic hydroxyl groups is 3. The molecule has 0 aromatic rings. The number of carbonyl (C=O) groups excluding carboxylic acids is 1. The lowest BCUT2D eigenvalue weighted by Gasteiger charge is -2.23. The predicted octanol–water partition coefficient (Wildman–Crippen LogP) is 10.3. The number of hydrogen-bond acceptors (Lipinski definition) is 4. The predicted molar refractivity (Wildman–Crippen MR) is 190 cm³/mol. The second-order valence-corrected chi connectivity index (χ2v) is 13.2. The monoisotopic (exact) mass is 622 g/mol. The Morgan fingerprint density at radius 3 is 1.36 bits per heavy atom. The van der Waals surface area contributed by atoms with Gasteiger partial charge in [-0.2, -0.15) is 0 Å². The Kier molecular flexibility index (Phi) is 33.8. The summed E-state index contributed by atoms with van der Waals surface area (Å²) < 4.78 is 0. The first-order chi connectivity index (χ1) is 21.6. The number of amides is 1. The Bertz CT molecular complexity index is 650. The van der Waals surface area contributed by atoms with Crippen molar-refractivity contribution in [2.45, 2.75) is 212 Å². The number of allylic oxidation sites excluding steroid dienone is 4. The van der Waals surface area contributed by atoms with E-state index in [0.717, 1.165) is 32.1 Å². The van der Waals surface area contributed by atoms with Crippen molar-refractivity contribution < 1.29 is 20.1 Å². The molecule has 0 saturated heterocycles. The second-order valence-electron chi connectivity index (χ2n) is 13.2. The van der Waals surface area contributed by atoms with Crippen molar-refractivity contribution >= 4 is 5.91 Å². The van der Waals surface area contributed by atoms with E-state index in [1.165, 1.54) is 135 Å². The van der Waals surface area contributed by atoms with Crippen molar-refractivity contribution in [3.05, 3.63) is 24.3 Å². The van der Waals surface area contributed by atoms with Gasteiger partial charge in [-0.05, 0) is 38.5 Å². The van der Waals surface area contributed by atoms with E-state index in [4.69, 9.17) is 0 Å². The fourth-order valence-electron chi connectivity index (χ4n) is 5.77. The third-order valence-corrected chi connectivity index (χ3v) is 8.85. The maximum absolute atomic E-state index is 12.4. The lowest BCUT2D eigenvalue weighted by atomic mass is 10.0. The first-order valence-electron chi connectivity index (χ1n) is 19.2. The Morgan fingerprint density at radius 1 is 0.545 bits per heavy atom. The molecule has 0 aliphatic rings. The topological polar surface area (TPSA) is 89.8 Å². The van der Waals surface area contributed by atoms with Crippen LogP contribution in [0.25, 0.3) is 0 Å². The molecule has 0 fully saturated rings. The number of carbonyl (C=O) groups is 1. The molecular weight excluding hydrogens is 546 g/mol. The molecule has 260 valence electrons. The third kappa shape index (κ3) is 29.5. The molecule has 0 radical (unpaired) electrons. The van der Waals surface area contributed by atoms with Gasteiger partial charge in [-0.15, -0.1) is 0 Å². The first-order valence-corrected chi connectivity index (χ1v) is 19.2. The van der Waals surface area contributed by atoms with Crippen LogP contribution in [-0.4, -0.2) is 46.1 Å². The minimum absolute atomic E-state index is 0.314. The first kappa shape index (κ1) is 42.8. The maximum atomic E-state index is 12.4. The summed E-state index contributed by atoms with van der Waals surface area (Å²) in [5.74, 6) is -0.476. The van der Waals surface area contributed by atoms with E-state index in [-0.39, 0.29) is 6.61 Å². The van der Waals surface area contributed by atoms with Gasteiger partial charge in [0.05, 0.1) is 18.8 Å². The molecular formula is C39H75NO4. The molecule has 0 heterocycles. The van der Waals surface area contributed by atoms with Gasteiger partial charge in [-0.3, -0.25) is 4.79 Å². The Morgan fingerprint density at radius 2 is 0.909 bits per heavy atom. The van der Waals surface area contributed by atoms with E-state index in [0.29, 0.717) is 12.8 Å². The van der Waals surface area contributed by atoms with Crippen LogP contribution < -0.4 is 5.32 Å². The van der Waals surface area contributed by atoms with Gasteiger partial charge in [0.15, 0.2) is 0 Å². The Labute approximate surface area is 273 Å². The second kappa shape index (κ2) is 34.7. The largest absolute Gasteiger partial charge is 0.394 e. The highest BCUT2D eigenvalue weighted by Gasteiger charge is 2.23. The molecule has 0 aromatic carbocycles. The van der Waals surface area contributed by atoms with Crippen LogP contribution in [-0.2, 0) is 4.79 Å². The van der Waals surface area contributed by atoms with E-state index in [1.54, 1.807) is 0 Å². The van der Waals surface area contributed by atoms with Crippen molar-refractivity contribution in [1.82, 2.24) is 5.32 Å². The standard InChI is InChI=1S/C39H75NO4/c1-3-5-7-9-11-13-15-17-18-19-20-21-22-24-26-28-30-32-34-38(43)39(44)40-36(35-41)37(42)33-31-29-27-25-23-16-14-12-10-8-6-4-2/h11,13,15,17,36-38,41-43H,3-10,12,14,16,18-35H2,1-2H3,(H,40,44)/b13-11-,17-15-. The van der Waals surface area contributed by atoms with Crippen LogP contribution in [0.2, 0.25) is 0 Å². The zero-order valence-corrected chi connectivity index (χ0v) is 29.3. The number of hydrogen-bond donors (Lipinski definition) is 4. The van der Waals surface area contributed by atoms with Crippen LogP contribution in [0, 0.1) is 0 Å². The van der Waals surface area contributed by atoms with Gasteiger partial charge in [-0.25, -0.2) is 0 Å². The smallest absolute Gasteiger partial charge is 0.249 e. The van der Waals surface area contributed by atoms with Gasteiger partial charge >= 0.3 is 0 Å². The van der Waals surface area contributed by atoms with E-state index < -0.39 is 24.2 Å². The van der Waals surface area contributed by atoms with Crippen molar-refractivity contribution in [2.24, 2.45) is 0 Å². The van der Waals surface area contributed by atoms with Crippen LogP contribution in [0.15, 0.2) is 24.3 Å². The van der Waals surface area contributed by atoms with Crippen LogP contribution in [0.3, 0.4) is 0 Å². The van der Waals surface area contributed by atoms with Crippen molar-refractivity contribution in [2.75, 3.05) is 6.61 Å². The highest BCUT2D eigenvalue weighted by Crippen LogP contribution is 2.15. The van der Waals surface area contributed by atoms with E-state index >= 15 is 0 Å². The minimum Gasteiger partial charge on any atom is -0.394 e. The molecule has 4 N–H and O–H groups in total. The summed E-state index contributed by atoms with van der Waals surface area (Å²) in [4.78, 5) is 12.4. The summed E-state index contributed by atoms with van der Waals surface area (Å²) in [6.45, 7) is 4.18. The molecule has 3 atom stereocenters. The SMILES string of the molecule is CCCCC/C=C\C=C/CCCCCCCCCCCC(O)C(=O)NC(CO)C(O)CCCCCCCCCCCCCC. The molecule has 0 saturated carbocycles. The molecule has 1 amide bonds.